The van der Waals surface area contributed by atoms with Crippen molar-refractivity contribution in [2.45, 2.75) is 11.7 Å². The van der Waals surface area contributed by atoms with Crippen molar-refractivity contribution in [2.75, 3.05) is 25.3 Å². The first-order valence-corrected chi connectivity index (χ1v) is 9.26. The Bertz CT molecular complexity index is 734. The lowest BCUT2D eigenvalue weighted by atomic mass is 10.3. The van der Waals surface area contributed by atoms with Crippen LogP contribution in [-0.2, 0) is 0 Å². The SMILES string of the molecule is C=C(C1C[C@@H]1SC)N(C)c1sc(-c2cncc(F)c2)nc1OC. The Hall–Kier alpha value is -1.60. The van der Waals surface area contributed by atoms with Gasteiger partial charge in [-0.25, -0.2) is 4.39 Å². The van der Waals surface area contributed by atoms with Gasteiger partial charge in [0, 0.05) is 35.7 Å². The molecule has 1 unspecified atom stereocenters. The predicted octanol–water partition coefficient (Wildman–Crippen LogP) is 4.05. The Morgan fingerprint density at radius 2 is 2.30 bits per heavy atom. The molecule has 2 heterocycles. The zero-order valence-corrected chi connectivity index (χ0v) is 14.9. The Balaban J connectivity index is 1.89. The first-order chi connectivity index (χ1) is 11.0. The fourth-order valence-electron chi connectivity index (χ4n) is 2.46. The summed E-state index contributed by atoms with van der Waals surface area (Å²) in [5, 5.41) is 2.21. The van der Waals surface area contributed by atoms with E-state index in [4.69, 9.17) is 4.74 Å². The maximum absolute atomic E-state index is 13.4. The van der Waals surface area contributed by atoms with Gasteiger partial charge in [0.2, 0.25) is 5.88 Å². The fraction of sp³-hybridized carbons (Fsp3) is 0.375. The van der Waals surface area contributed by atoms with Crippen molar-refractivity contribution in [3.63, 3.8) is 0 Å². The van der Waals surface area contributed by atoms with Crippen LogP contribution in [0.2, 0.25) is 0 Å². The summed E-state index contributed by atoms with van der Waals surface area (Å²) in [6, 6.07) is 1.43. The van der Waals surface area contributed by atoms with Gasteiger partial charge in [-0.1, -0.05) is 17.9 Å². The fourth-order valence-corrected chi connectivity index (χ4v) is 4.35. The van der Waals surface area contributed by atoms with Gasteiger partial charge < -0.3 is 9.64 Å². The quantitative estimate of drug-likeness (QED) is 0.785. The first kappa shape index (κ1) is 16.3. The maximum Gasteiger partial charge on any atom is 0.249 e. The summed E-state index contributed by atoms with van der Waals surface area (Å²) < 4.78 is 18.8. The first-order valence-electron chi connectivity index (χ1n) is 7.16. The van der Waals surface area contributed by atoms with Gasteiger partial charge in [-0.05, 0) is 18.7 Å². The van der Waals surface area contributed by atoms with Gasteiger partial charge >= 0.3 is 0 Å². The van der Waals surface area contributed by atoms with E-state index < -0.39 is 0 Å². The number of halogens is 1. The topological polar surface area (TPSA) is 38.2 Å². The van der Waals surface area contributed by atoms with E-state index in [2.05, 4.69) is 22.8 Å². The lowest BCUT2D eigenvalue weighted by Crippen LogP contribution is -2.17. The van der Waals surface area contributed by atoms with Crippen LogP contribution in [0.15, 0.2) is 30.7 Å². The van der Waals surface area contributed by atoms with Crippen LogP contribution in [0.4, 0.5) is 9.39 Å². The van der Waals surface area contributed by atoms with Crippen molar-refractivity contribution in [3.8, 4) is 16.5 Å². The molecule has 1 aliphatic carbocycles. The average molecular weight is 351 g/mol. The van der Waals surface area contributed by atoms with Gasteiger partial charge in [0.25, 0.3) is 0 Å². The summed E-state index contributed by atoms with van der Waals surface area (Å²) >= 11 is 3.32. The molecule has 2 aromatic rings. The van der Waals surface area contributed by atoms with Crippen molar-refractivity contribution in [1.82, 2.24) is 9.97 Å². The lowest BCUT2D eigenvalue weighted by molar-refractivity contribution is 0.401. The van der Waals surface area contributed by atoms with E-state index in [1.165, 1.54) is 23.6 Å². The van der Waals surface area contributed by atoms with E-state index >= 15 is 0 Å². The lowest BCUT2D eigenvalue weighted by Gasteiger charge is -2.20. The number of methoxy groups -OCH3 is 1. The third-order valence-electron chi connectivity index (χ3n) is 3.92. The van der Waals surface area contributed by atoms with Crippen LogP contribution < -0.4 is 9.64 Å². The minimum atomic E-state index is -0.378. The summed E-state index contributed by atoms with van der Waals surface area (Å²) in [7, 11) is 3.56. The van der Waals surface area contributed by atoms with Crippen LogP contribution in [0.25, 0.3) is 10.6 Å². The van der Waals surface area contributed by atoms with Crippen LogP contribution in [0.1, 0.15) is 6.42 Å². The number of rotatable bonds is 6. The number of hydrogen-bond donors (Lipinski definition) is 0. The molecule has 0 aliphatic heterocycles. The number of hydrogen-bond acceptors (Lipinski definition) is 6. The third-order valence-corrected chi connectivity index (χ3v) is 6.21. The highest BCUT2D eigenvalue weighted by Gasteiger charge is 2.40. The van der Waals surface area contributed by atoms with Crippen LogP contribution in [-0.4, -0.2) is 35.6 Å². The van der Waals surface area contributed by atoms with Crippen molar-refractivity contribution >= 4 is 28.1 Å². The summed E-state index contributed by atoms with van der Waals surface area (Å²) in [6.07, 6.45) is 6.07. The zero-order chi connectivity index (χ0) is 16.6. The number of ether oxygens (including phenoxy) is 1. The molecular formula is C16H18FN3OS2. The molecule has 2 atom stereocenters. The monoisotopic (exact) mass is 351 g/mol. The second-order valence-corrected chi connectivity index (χ2v) is 7.45. The summed E-state index contributed by atoms with van der Waals surface area (Å²) in [5.74, 6) is 0.650. The third kappa shape index (κ3) is 3.21. The number of thioether (sulfide) groups is 1. The van der Waals surface area contributed by atoms with Crippen molar-refractivity contribution in [1.29, 1.82) is 0 Å². The van der Waals surface area contributed by atoms with Gasteiger partial charge in [-0.15, -0.1) is 0 Å². The van der Waals surface area contributed by atoms with Crippen LogP contribution in [0.3, 0.4) is 0 Å². The van der Waals surface area contributed by atoms with E-state index in [1.807, 2.05) is 23.7 Å². The van der Waals surface area contributed by atoms with Crippen molar-refractivity contribution in [2.24, 2.45) is 5.92 Å². The molecule has 0 N–H and O–H groups in total. The number of anilines is 1. The molecule has 4 nitrogen and oxygen atoms in total. The molecule has 1 fully saturated rings. The van der Waals surface area contributed by atoms with Gasteiger partial charge in [0.1, 0.15) is 10.8 Å². The van der Waals surface area contributed by atoms with Gasteiger partial charge in [-0.3, -0.25) is 4.98 Å². The molecule has 1 aliphatic rings. The second-order valence-electron chi connectivity index (χ2n) is 5.39. The van der Waals surface area contributed by atoms with Crippen LogP contribution in [0, 0.1) is 11.7 Å². The Morgan fingerprint density at radius 1 is 1.52 bits per heavy atom. The Morgan fingerprint density at radius 3 is 2.91 bits per heavy atom. The van der Waals surface area contributed by atoms with Gasteiger partial charge in [0.15, 0.2) is 5.00 Å². The van der Waals surface area contributed by atoms with E-state index in [9.17, 15) is 4.39 Å². The summed E-state index contributed by atoms with van der Waals surface area (Å²) in [6.45, 7) is 4.23. The van der Waals surface area contributed by atoms with Gasteiger partial charge in [0.05, 0.1) is 13.3 Å². The normalized spacial score (nSPS) is 19.5. The van der Waals surface area contributed by atoms with Gasteiger partial charge in [-0.2, -0.15) is 16.7 Å². The van der Waals surface area contributed by atoms with Crippen LogP contribution in [0.5, 0.6) is 5.88 Å². The molecule has 3 rings (SSSR count). The van der Waals surface area contributed by atoms with E-state index in [1.54, 1.807) is 13.3 Å². The highest BCUT2D eigenvalue weighted by molar-refractivity contribution is 7.99. The number of allylic oxidation sites excluding steroid dienone is 1. The van der Waals surface area contributed by atoms with Crippen LogP contribution >= 0.6 is 23.1 Å². The minimum absolute atomic E-state index is 0.378. The standard InChI is InChI=1S/C16H18FN3OS2/c1-9(12-6-13(12)22-4)20(2)16-14(21-3)19-15(23-16)10-5-11(17)8-18-7-10/h5,7-8,12-13H,1,6H2,2-4H3/t12?,13-/m0/s1. The number of pyridine rings is 1. The summed E-state index contributed by atoms with van der Waals surface area (Å²) in [5.41, 5.74) is 1.71. The molecule has 0 spiro atoms. The largest absolute Gasteiger partial charge is 0.479 e. The predicted molar refractivity (Wildman–Crippen MR) is 94.8 cm³/mol. The molecule has 23 heavy (non-hydrogen) atoms. The number of nitrogens with zero attached hydrogens (tertiary/aromatic N) is 3. The second kappa shape index (κ2) is 6.49. The number of aromatic nitrogens is 2. The minimum Gasteiger partial charge on any atom is -0.479 e. The molecule has 0 bridgehead atoms. The molecule has 0 amide bonds. The highest BCUT2D eigenvalue weighted by atomic mass is 32.2. The van der Waals surface area contributed by atoms with E-state index in [-0.39, 0.29) is 5.82 Å². The molecule has 2 aromatic heterocycles. The van der Waals surface area contributed by atoms with Crippen molar-refractivity contribution < 1.29 is 9.13 Å². The highest BCUT2D eigenvalue weighted by Crippen LogP contribution is 2.48. The average Bonchev–Trinajstić information content (AvgIpc) is 3.22. The van der Waals surface area contributed by atoms with Crippen molar-refractivity contribution in [3.05, 3.63) is 36.6 Å². The summed E-state index contributed by atoms with van der Waals surface area (Å²) in [4.78, 5) is 10.4. The molecule has 0 aromatic carbocycles. The number of thiazole rings is 1. The molecular weight excluding hydrogens is 333 g/mol. The zero-order valence-electron chi connectivity index (χ0n) is 13.2. The van der Waals surface area contributed by atoms with E-state index in [0.29, 0.717) is 27.6 Å². The Kier molecular flexibility index (Phi) is 4.59. The Labute approximate surface area is 143 Å². The van der Waals surface area contributed by atoms with E-state index in [0.717, 1.165) is 17.1 Å². The molecule has 0 radical (unpaired) electrons. The smallest absolute Gasteiger partial charge is 0.249 e. The molecule has 122 valence electrons. The molecule has 1 saturated carbocycles. The maximum atomic E-state index is 13.4. The molecule has 0 saturated heterocycles. The molecule has 7 heteroatoms.